The topological polar surface area (TPSA) is 62.7 Å². The number of hydrogen-bond donors (Lipinski definition) is 2. The SMILES string of the molecule is O=c1cc2c(nn1C1CCC(NCc3ccc4[nH]ccc4c3)CC1)CCC2. The predicted octanol–water partition coefficient (Wildman–Crippen LogP) is 3.49. The van der Waals surface area contributed by atoms with Crippen LogP contribution in [0.4, 0.5) is 0 Å². The molecule has 3 aromatic rings. The second-order valence-corrected chi connectivity index (χ2v) is 8.04. The third-order valence-electron chi connectivity index (χ3n) is 6.24. The number of nitrogens with zero attached hydrogens (tertiary/aromatic N) is 2. The van der Waals surface area contributed by atoms with Gasteiger partial charge in [0.1, 0.15) is 0 Å². The van der Waals surface area contributed by atoms with Crippen molar-refractivity contribution in [3.8, 4) is 0 Å². The Hall–Kier alpha value is -2.40. The molecule has 5 nitrogen and oxygen atoms in total. The van der Waals surface area contributed by atoms with Gasteiger partial charge in [-0.25, -0.2) is 4.68 Å². The van der Waals surface area contributed by atoms with Gasteiger partial charge in [-0.15, -0.1) is 0 Å². The Morgan fingerprint density at radius 2 is 2.00 bits per heavy atom. The van der Waals surface area contributed by atoms with Crippen LogP contribution in [-0.2, 0) is 19.4 Å². The Morgan fingerprint density at radius 3 is 2.89 bits per heavy atom. The van der Waals surface area contributed by atoms with E-state index in [0.29, 0.717) is 6.04 Å². The summed E-state index contributed by atoms with van der Waals surface area (Å²) in [6.45, 7) is 0.896. The molecule has 140 valence electrons. The standard InChI is InChI=1S/C22H26N4O/c27-22-13-16-2-1-3-21(16)25-26(22)19-7-5-18(6-8-19)24-14-15-4-9-20-17(12-15)10-11-23-20/h4,9-13,18-19,23-24H,1-3,5-8,14H2. The van der Waals surface area contributed by atoms with Crippen molar-refractivity contribution in [2.45, 2.75) is 63.6 Å². The third-order valence-corrected chi connectivity index (χ3v) is 6.24. The zero-order chi connectivity index (χ0) is 18.2. The molecule has 2 heterocycles. The summed E-state index contributed by atoms with van der Waals surface area (Å²) in [7, 11) is 0. The van der Waals surface area contributed by atoms with Gasteiger partial charge in [0.05, 0.1) is 11.7 Å². The first-order valence-corrected chi connectivity index (χ1v) is 10.2. The zero-order valence-corrected chi connectivity index (χ0v) is 15.6. The molecule has 0 saturated heterocycles. The van der Waals surface area contributed by atoms with Crippen LogP contribution >= 0.6 is 0 Å². The Labute approximate surface area is 158 Å². The average molecular weight is 362 g/mol. The van der Waals surface area contributed by atoms with Crippen molar-refractivity contribution in [2.75, 3.05) is 0 Å². The van der Waals surface area contributed by atoms with Gasteiger partial charge in [-0.05, 0) is 79.7 Å². The maximum absolute atomic E-state index is 12.4. The van der Waals surface area contributed by atoms with Gasteiger partial charge in [-0.1, -0.05) is 6.07 Å². The van der Waals surface area contributed by atoms with Crippen LogP contribution in [0.25, 0.3) is 10.9 Å². The highest BCUT2D eigenvalue weighted by Gasteiger charge is 2.25. The Kier molecular flexibility index (Phi) is 4.32. The number of aromatic amines is 1. The molecular formula is C22H26N4O. The van der Waals surface area contributed by atoms with Gasteiger partial charge in [0.2, 0.25) is 0 Å². The van der Waals surface area contributed by atoms with Crippen LogP contribution in [-0.4, -0.2) is 20.8 Å². The van der Waals surface area contributed by atoms with E-state index < -0.39 is 0 Å². The van der Waals surface area contributed by atoms with Gasteiger partial charge in [-0.3, -0.25) is 4.79 Å². The van der Waals surface area contributed by atoms with E-state index in [0.717, 1.165) is 57.2 Å². The normalized spacial score (nSPS) is 22.2. The second kappa shape index (κ2) is 6.97. The minimum atomic E-state index is 0.0897. The maximum atomic E-state index is 12.4. The molecule has 5 rings (SSSR count). The van der Waals surface area contributed by atoms with Crippen molar-refractivity contribution in [2.24, 2.45) is 0 Å². The molecule has 0 bridgehead atoms. The summed E-state index contributed by atoms with van der Waals surface area (Å²) < 4.78 is 1.78. The predicted molar refractivity (Wildman–Crippen MR) is 107 cm³/mol. The fraction of sp³-hybridized carbons (Fsp3) is 0.455. The molecule has 5 heteroatoms. The van der Waals surface area contributed by atoms with Crippen molar-refractivity contribution in [1.82, 2.24) is 20.1 Å². The third kappa shape index (κ3) is 3.32. The number of aromatic nitrogens is 3. The van der Waals surface area contributed by atoms with Crippen molar-refractivity contribution in [1.29, 1.82) is 0 Å². The van der Waals surface area contributed by atoms with Gasteiger partial charge in [0.25, 0.3) is 5.56 Å². The quantitative estimate of drug-likeness (QED) is 0.747. The van der Waals surface area contributed by atoms with E-state index in [4.69, 9.17) is 5.10 Å². The first-order valence-electron chi connectivity index (χ1n) is 10.2. The molecule has 2 N–H and O–H groups in total. The highest BCUT2D eigenvalue weighted by atomic mass is 16.1. The molecule has 1 fully saturated rings. The molecular weight excluding hydrogens is 336 g/mol. The zero-order valence-electron chi connectivity index (χ0n) is 15.6. The van der Waals surface area contributed by atoms with E-state index in [9.17, 15) is 4.79 Å². The lowest BCUT2D eigenvalue weighted by atomic mass is 9.91. The first-order chi connectivity index (χ1) is 13.3. The van der Waals surface area contributed by atoms with Crippen molar-refractivity contribution in [3.63, 3.8) is 0 Å². The summed E-state index contributed by atoms with van der Waals surface area (Å²) in [6, 6.07) is 11.3. The summed E-state index contributed by atoms with van der Waals surface area (Å²) >= 11 is 0. The summed E-state index contributed by atoms with van der Waals surface area (Å²) in [5.41, 5.74) is 4.92. The van der Waals surface area contributed by atoms with E-state index in [1.54, 1.807) is 4.68 Å². The van der Waals surface area contributed by atoms with Crippen molar-refractivity contribution in [3.05, 3.63) is 63.7 Å². The Balaban J connectivity index is 1.20. The number of rotatable bonds is 4. The Morgan fingerprint density at radius 1 is 1.11 bits per heavy atom. The monoisotopic (exact) mass is 362 g/mol. The number of H-pyrrole nitrogens is 1. The summed E-state index contributed by atoms with van der Waals surface area (Å²) in [5, 5.41) is 9.67. The van der Waals surface area contributed by atoms with E-state index in [1.807, 2.05) is 12.3 Å². The van der Waals surface area contributed by atoms with Gasteiger partial charge in [0.15, 0.2) is 0 Å². The number of hydrogen-bond acceptors (Lipinski definition) is 3. The maximum Gasteiger partial charge on any atom is 0.267 e. The number of aryl methyl sites for hydroxylation is 2. The van der Waals surface area contributed by atoms with Gasteiger partial charge >= 0.3 is 0 Å². The van der Waals surface area contributed by atoms with Gasteiger partial charge in [0, 0.05) is 30.4 Å². The largest absolute Gasteiger partial charge is 0.361 e. The van der Waals surface area contributed by atoms with E-state index in [-0.39, 0.29) is 11.6 Å². The van der Waals surface area contributed by atoms with E-state index >= 15 is 0 Å². The summed E-state index contributed by atoms with van der Waals surface area (Å²) in [6.07, 6.45) is 9.42. The smallest absolute Gasteiger partial charge is 0.267 e. The molecule has 2 aliphatic rings. The Bertz CT molecular complexity index is 1010. The molecule has 0 amide bonds. The summed E-state index contributed by atoms with van der Waals surface area (Å²) in [5.74, 6) is 0. The van der Waals surface area contributed by atoms with Crippen LogP contribution in [0.3, 0.4) is 0 Å². The molecule has 0 radical (unpaired) electrons. The molecule has 1 saturated carbocycles. The number of benzene rings is 1. The highest BCUT2D eigenvalue weighted by molar-refractivity contribution is 5.79. The van der Waals surface area contributed by atoms with Crippen LogP contribution < -0.4 is 10.9 Å². The lowest BCUT2D eigenvalue weighted by Gasteiger charge is -2.30. The first kappa shape index (κ1) is 16.8. The van der Waals surface area contributed by atoms with Crippen LogP contribution in [0.1, 0.15) is 55.0 Å². The summed E-state index contributed by atoms with van der Waals surface area (Å²) in [4.78, 5) is 15.7. The molecule has 1 aromatic carbocycles. The molecule has 0 spiro atoms. The number of fused-ring (bicyclic) bond motifs is 2. The van der Waals surface area contributed by atoms with E-state index in [1.165, 1.54) is 22.0 Å². The number of nitrogens with one attached hydrogen (secondary N) is 2. The molecule has 0 unspecified atom stereocenters. The minimum Gasteiger partial charge on any atom is -0.361 e. The fourth-order valence-electron chi connectivity index (χ4n) is 4.68. The molecule has 0 atom stereocenters. The average Bonchev–Trinajstić information content (AvgIpc) is 3.34. The fourth-order valence-corrected chi connectivity index (χ4v) is 4.68. The molecule has 27 heavy (non-hydrogen) atoms. The van der Waals surface area contributed by atoms with Crippen LogP contribution in [0, 0.1) is 0 Å². The van der Waals surface area contributed by atoms with Gasteiger partial charge < -0.3 is 10.3 Å². The van der Waals surface area contributed by atoms with Crippen LogP contribution in [0.2, 0.25) is 0 Å². The van der Waals surface area contributed by atoms with Gasteiger partial charge in [-0.2, -0.15) is 5.10 Å². The second-order valence-electron chi connectivity index (χ2n) is 8.04. The lowest BCUT2D eigenvalue weighted by Crippen LogP contribution is -2.36. The minimum absolute atomic E-state index is 0.0897. The molecule has 0 aliphatic heterocycles. The van der Waals surface area contributed by atoms with Crippen molar-refractivity contribution >= 4 is 10.9 Å². The van der Waals surface area contributed by atoms with Crippen LogP contribution in [0.15, 0.2) is 41.3 Å². The molecule has 2 aromatic heterocycles. The molecule has 2 aliphatic carbocycles. The highest BCUT2D eigenvalue weighted by Crippen LogP contribution is 2.28. The van der Waals surface area contributed by atoms with Crippen molar-refractivity contribution < 1.29 is 0 Å². The van der Waals surface area contributed by atoms with Crippen LogP contribution in [0.5, 0.6) is 0 Å². The van der Waals surface area contributed by atoms with E-state index in [2.05, 4.69) is 34.6 Å². The lowest BCUT2D eigenvalue weighted by molar-refractivity contribution is 0.267.